The summed E-state index contributed by atoms with van der Waals surface area (Å²) in [6.07, 6.45) is 2.09. The molecule has 0 unspecified atom stereocenters. The van der Waals surface area contributed by atoms with E-state index in [0.29, 0.717) is 18.8 Å². The minimum Gasteiger partial charge on any atom is -0.379 e. The molecular weight excluding hydrogens is 459 g/mol. The van der Waals surface area contributed by atoms with Gasteiger partial charge < -0.3 is 20.7 Å². The van der Waals surface area contributed by atoms with Crippen LogP contribution in [0.25, 0.3) is 0 Å². The first kappa shape index (κ1) is 23.6. The van der Waals surface area contributed by atoms with E-state index in [1.54, 1.807) is 12.3 Å². The Morgan fingerprint density at radius 2 is 2.07 bits per heavy atom. The second kappa shape index (κ2) is 13.7. The molecule has 1 aromatic rings. The van der Waals surface area contributed by atoms with Crippen LogP contribution in [0.3, 0.4) is 0 Å². The average Bonchev–Trinajstić information content (AvgIpc) is 2.64. The predicted octanol–water partition coefficient (Wildman–Crippen LogP) is 1.22. The van der Waals surface area contributed by atoms with E-state index < -0.39 is 0 Å². The van der Waals surface area contributed by atoms with Gasteiger partial charge >= 0.3 is 0 Å². The lowest BCUT2D eigenvalue weighted by Gasteiger charge is -2.25. The van der Waals surface area contributed by atoms with Gasteiger partial charge in [-0.3, -0.25) is 14.7 Å². The van der Waals surface area contributed by atoms with Crippen molar-refractivity contribution in [2.24, 2.45) is 4.99 Å². The first-order valence-corrected chi connectivity index (χ1v) is 9.22. The number of ether oxygens (including phenoxy) is 1. The summed E-state index contributed by atoms with van der Waals surface area (Å²) in [5, 5.41) is 9.19. The SMILES string of the molecule is CCNC(=NCCN1CCOCC1)NCCC(=O)Nc1ccc(C)cn1.I. The molecule has 8 nitrogen and oxygen atoms in total. The number of rotatable bonds is 8. The van der Waals surface area contributed by atoms with Crippen LogP contribution in [0.15, 0.2) is 23.3 Å². The van der Waals surface area contributed by atoms with E-state index in [2.05, 4.69) is 30.8 Å². The number of morpholine rings is 1. The summed E-state index contributed by atoms with van der Waals surface area (Å²) in [4.78, 5) is 23.1. The highest BCUT2D eigenvalue weighted by molar-refractivity contribution is 14.0. The molecule has 1 aliphatic rings. The number of hydrogen-bond donors (Lipinski definition) is 3. The predicted molar refractivity (Wildman–Crippen MR) is 119 cm³/mol. The van der Waals surface area contributed by atoms with Gasteiger partial charge in [-0.15, -0.1) is 24.0 Å². The number of aliphatic imine (C=N–C) groups is 1. The largest absolute Gasteiger partial charge is 0.379 e. The van der Waals surface area contributed by atoms with Crippen molar-refractivity contribution in [1.82, 2.24) is 20.5 Å². The summed E-state index contributed by atoms with van der Waals surface area (Å²) < 4.78 is 5.35. The molecule has 1 saturated heterocycles. The Kier molecular flexibility index (Phi) is 11.9. The fourth-order valence-corrected chi connectivity index (χ4v) is 2.51. The minimum atomic E-state index is -0.0713. The summed E-state index contributed by atoms with van der Waals surface area (Å²) in [5.74, 6) is 1.24. The number of nitrogens with one attached hydrogen (secondary N) is 3. The number of amides is 1. The molecule has 0 bridgehead atoms. The zero-order chi connectivity index (χ0) is 18.6. The van der Waals surface area contributed by atoms with Crippen LogP contribution in [0.2, 0.25) is 0 Å². The summed E-state index contributed by atoms with van der Waals surface area (Å²) in [5.41, 5.74) is 1.06. The molecule has 0 saturated carbocycles. The van der Waals surface area contributed by atoms with Crippen molar-refractivity contribution >= 4 is 41.7 Å². The van der Waals surface area contributed by atoms with Gasteiger partial charge in [-0.25, -0.2) is 4.98 Å². The first-order valence-electron chi connectivity index (χ1n) is 9.22. The Morgan fingerprint density at radius 3 is 2.74 bits per heavy atom. The van der Waals surface area contributed by atoms with Gasteiger partial charge in [0.1, 0.15) is 5.82 Å². The van der Waals surface area contributed by atoms with Crippen LogP contribution in [0.5, 0.6) is 0 Å². The number of hydrogen-bond acceptors (Lipinski definition) is 5. The van der Waals surface area contributed by atoms with Crippen molar-refractivity contribution in [3.05, 3.63) is 23.9 Å². The standard InChI is InChI=1S/C18H30N6O2.HI/c1-3-19-18(21-8-9-24-10-12-26-13-11-24)20-7-6-17(25)23-16-5-4-15(2)14-22-16;/h4-5,14H,3,6-13H2,1-2H3,(H2,19,20,21)(H,22,23,25);1H. The van der Waals surface area contributed by atoms with Crippen molar-refractivity contribution in [1.29, 1.82) is 0 Å². The molecule has 0 aromatic carbocycles. The van der Waals surface area contributed by atoms with E-state index in [9.17, 15) is 4.79 Å². The van der Waals surface area contributed by atoms with Gasteiger partial charge in [-0.05, 0) is 25.5 Å². The summed E-state index contributed by atoms with van der Waals surface area (Å²) in [6.45, 7) is 10.4. The third-order valence-electron chi connectivity index (χ3n) is 3.96. The van der Waals surface area contributed by atoms with Gasteiger partial charge in [0.15, 0.2) is 5.96 Å². The van der Waals surface area contributed by atoms with E-state index in [4.69, 9.17) is 4.74 Å². The van der Waals surface area contributed by atoms with Crippen LogP contribution in [0, 0.1) is 6.92 Å². The van der Waals surface area contributed by atoms with Crippen molar-refractivity contribution < 1.29 is 9.53 Å². The Labute approximate surface area is 178 Å². The lowest BCUT2D eigenvalue weighted by Crippen LogP contribution is -2.40. The molecule has 0 atom stereocenters. The van der Waals surface area contributed by atoms with E-state index in [1.807, 2.05) is 19.9 Å². The second-order valence-corrected chi connectivity index (χ2v) is 6.16. The minimum absolute atomic E-state index is 0. The molecule has 2 heterocycles. The normalized spacial score (nSPS) is 15.0. The number of carbonyl (C=O) groups excluding carboxylic acids is 1. The third kappa shape index (κ3) is 9.87. The first-order chi connectivity index (χ1) is 12.7. The molecule has 9 heteroatoms. The maximum Gasteiger partial charge on any atom is 0.227 e. The van der Waals surface area contributed by atoms with Gasteiger partial charge in [-0.2, -0.15) is 0 Å². The second-order valence-electron chi connectivity index (χ2n) is 6.16. The van der Waals surface area contributed by atoms with Crippen molar-refractivity contribution in [2.45, 2.75) is 20.3 Å². The van der Waals surface area contributed by atoms with Crippen LogP contribution < -0.4 is 16.0 Å². The lowest BCUT2D eigenvalue weighted by molar-refractivity contribution is -0.116. The van der Waals surface area contributed by atoms with Crippen molar-refractivity contribution in [3.63, 3.8) is 0 Å². The molecule has 1 aliphatic heterocycles. The number of nitrogens with zero attached hydrogens (tertiary/aromatic N) is 3. The Balaban J connectivity index is 0.00000364. The van der Waals surface area contributed by atoms with Crippen molar-refractivity contribution in [3.8, 4) is 0 Å². The van der Waals surface area contributed by atoms with Crippen LogP contribution >= 0.6 is 24.0 Å². The van der Waals surface area contributed by atoms with Gasteiger partial charge in [-0.1, -0.05) is 6.07 Å². The molecule has 0 spiro atoms. The van der Waals surface area contributed by atoms with E-state index in [0.717, 1.165) is 57.5 Å². The fraction of sp³-hybridized carbons (Fsp3) is 0.611. The lowest BCUT2D eigenvalue weighted by atomic mass is 10.3. The van der Waals surface area contributed by atoms with Crippen LogP contribution in [0.1, 0.15) is 18.9 Å². The quantitative estimate of drug-likeness (QED) is 0.289. The van der Waals surface area contributed by atoms with Crippen molar-refractivity contribution in [2.75, 3.05) is 57.8 Å². The molecule has 1 amide bonds. The molecule has 27 heavy (non-hydrogen) atoms. The number of carbonyl (C=O) groups is 1. The number of guanidine groups is 1. The zero-order valence-corrected chi connectivity index (χ0v) is 18.5. The highest BCUT2D eigenvalue weighted by Crippen LogP contribution is 2.03. The monoisotopic (exact) mass is 490 g/mol. The number of aryl methyl sites for hydroxylation is 1. The van der Waals surface area contributed by atoms with E-state index in [-0.39, 0.29) is 29.9 Å². The van der Waals surface area contributed by atoms with Gasteiger partial charge in [0.2, 0.25) is 5.91 Å². The molecule has 2 rings (SSSR count). The molecule has 1 fully saturated rings. The van der Waals surface area contributed by atoms with Crippen LogP contribution in [-0.4, -0.2) is 74.2 Å². The third-order valence-corrected chi connectivity index (χ3v) is 3.96. The molecule has 1 aromatic heterocycles. The van der Waals surface area contributed by atoms with Crippen LogP contribution in [0.4, 0.5) is 5.82 Å². The smallest absolute Gasteiger partial charge is 0.227 e. The fourth-order valence-electron chi connectivity index (χ4n) is 2.51. The Hall–Kier alpha value is -1.46. The number of halogens is 1. The number of aromatic nitrogens is 1. The molecule has 0 radical (unpaired) electrons. The topological polar surface area (TPSA) is 90.9 Å². The Morgan fingerprint density at radius 1 is 1.30 bits per heavy atom. The van der Waals surface area contributed by atoms with E-state index >= 15 is 0 Å². The Bertz CT molecular complexity index is 576. The van der Waals surface area contributed by atoms with Gasteiger partial charge in [0, 0.05) is 45.3 Å². The molecular formula is C18H31IN6O2. The summed E-state index contributed by atoms with van der Waals surface area (Å²) in [6, 6.07) is 3.73. The highest BCUT2D eigenvalue weighted by Gasteiger charge is 2.09. The van der Waals surface area contributed by atoms with Crippen LogP contribution in [-0.2, 0) is 9.53 Å². The zero-order valence-electron chi connectivity index (χ0n) is 16.2. The average molecular weight is 490 g/mol. The maximum atomic E-state index is 12.0. The molecule has 3 N–H and O–H groups in total. The van der Waals surface area contributed by atoms with Gasteiger partial charge in [0.05, 0.1) is 19.8 Å². The number of anilines is 1. The summed E-state index contributed by atoms with van der Waals surface area (Å²) in [7, 11) is 0. The molecule has 0 aliphatic carbocycles. The molecule has 152 valence electrons. The maximum absolute atomic E-state index is 12.0. The van der Waals surface area contributed by atoms with E-state index in [1.165, 1.54) is 0 Å². The number of pyridine rings is 1. The highest BCUT2D eigenvalue weighted by atomic mass is 127. The van der Waals surface area contributed by atoms with Gasteiger partial charge in [0.25, 0.3) is 0 Å². The summed E-state index contributed by atoms with van der Waals surface area (Å²) >= 11 is 0.